The van der Waals surface area contributed by atoms with Crippen molar-refractivity contribution in [3.63, 3.8) is 0 Å². The molecule has 2 atom stereocenters. The van der Waals surface area contributed by atoms with Crippen LogP contribution in [0.4, 0.5) is 0 Å². The van der Waals surface area contributed by atoms with Crippen LogP contribution in [0.5, 0.6) is 0 Å². The van der Waals surface area contributed by atoms with E-state index in [9.17, 15) is 9.59 Å². The molecule has 1 aliphatic rings. The highest BCUT2D eigenvalue weighted by molar-refractivity contribution is 7.09. The van der Waals surface area contributed by atoms with Crippen LogP contribution in [0.25, 0.3) is 0 Å². The Kier molecular flexibility index (Phi) is 4.31. The van der Waals surface area contributed by atoms with Crippen molar-refractivity contribution < 1.29 is 9.59 Å². The Morgan fingerprint density at radius 2 is 2.32 bits per heavy atom. The van der Waals surface area contributed by atoms with Crippen LogP contribution in [-0.2, 0) is 16.1 Å². The number of hydrogen-bond donors (Lipinski definition) is 1. The van der Waals surface area contributed by atoms with E-state index in [4.69, 9.17) is 0 Å². The molecule has 0 bridgehead atoms. The van der Waals surface area contributed by atoms with Gasteiger partial charge in [0, 0.05) is 17.5 Å². The van der Waals surface area contributed by atoms with E-state index in [0.717, 1.165) is 17.0 Å². The number of nitrogens with zero attached hydrogens (tertiary/aromatic N) is 2. The largest absolute Gasteiger partial charge is 0.300 e. The van der Waals surface area contributed by atoms with Gasteiger partial charge in [-0.25, -0.2) is 4.98 Å². The van der Waals surface area contributed by atoms with Gasteiger partial charge in [-0.3, -0.25) is 14.5 Å². The smallest absolute Gasteiger partial charge is 0.247 e. The first kappa shape index (κ1) is 14.1. The zero-order valence-corrected chi connectivity index (χ0v) is 12.3. The lowest BCUT2D eigenvalue weighted by atomic mass is 10.2. The van der Waals surface area contributed by atoms with Crippen LogP contribution in [0.3, 0.4) is 0 Å². The Morgan fingerprint density at radius 3 is 2.89 bits per heavy atom. The van der Waals surface area contributed by atoms with Crippen molar-refractivity contribution in [2.24, 2.45) is 0 Å². The van der Waals surface area contributed by atoms with Crippen LogP contribution in [0, 0.1) is 6.92 Å². The maximum atomic E-state index is 12.2. The van der Waals surface area contributed by atoms with Gasteiger partial charge in [0.25, 0.3) is 0 Å². The molecule has 5 nitrogen and oxygen atoms in total. The van der Waals surface area contributed by atoms with Gasteiger partial charge in [-0.05, 0) is 20.3 Å². The number of amides is 2. The van der Waals surface area contributed by atoms with Crippen LogP contribution >= 0.6 is 11.3 Å². The number of aryl methyl sites for hydroxylation is 1. The number of rotatable bonds is 5. The average Bonchev–Trinajstić information content (AvgIpc) is 2.90. The van der Waals surface area contributed by atoms with Gasteiger partial charge >= 0.3 is 0 Å². The Bertz CT molecular complexity index is 486. The van der Waals surface area contributed by atoms with Gasteiger partial charge in [0.05, 0.1) is 23.7 Å². The molecule has 1 N–H and O–H groups in total. The average molecular weight is 281 g/mol. The Labute approximate surface area is 117 Å². The molecule has 0 saturated carbocycles. The molecule has 1 aliphatic heterocycles. The fraction of sp³-hybridized carbons (Fsp3) is 0.615. The number of hydrogen-bond acceptors (Lipinski definition) is 5. The van der Waals surface area contributed by atoms with Gasteiger partial charge in [0.15, 0.2) is 0 Å². The van der Waals surface area contributed by atoms with Gasteiger partial charge in [0.2, 0.25) is 11.8 Å². The standard InChI is InChI=1S/C13H19N3O2S/c1-4-8(2)16-12(17)5-10(13(16)18)14-6-11-9(3)15-7-19-11/h7-8,10,14H,4-6H2,1-3H3. The van der Waals surface area contributed by atoms with E-state index in [-0.39, 0.29) is 30.3 Å². The molecular weight excluding hydrogens is 262 g/mol. The van der Waals surface area contributed by atoms with Crippen molar-refractivity contribution in [3.05, 3.63) is 16.1 Å². The van der Waals surface area contributed by atoms with Crippen LogP contribution in [0.15, 0.2) is 5.51 Å². The number of aromatic nitrogens is 1. The summed E-state index contributed by atoms with van der Waals surface area (Å²) in [6.07, 6.45) is 1.05. The monoisotopic (exact) mass is 281 g/mol. The molecule has 0 aliphatic carbocycles. The molecule has 1 saturated heterocycles. The molecule has 0 radical (unpaired) electrons. The van der Waals surface area contributed by atoms with E-state index in [1.165, 1.54) is 4.90 Å². The summed E-state index contributed by atoms with van der Waals surface area (Å²) >= 11 is 1.56. The molecule has 2 rings (SSSR count). The molecule has 0 aromatic carbocycles. The van der Waals surface area contributed by atoms with E-state index >= 15 is 0 Å². The van der Waals surface area contributed by atoms with E-state index in [2.05, 4.69) is 10.3 Å². The summed E-state index contributed by atoms with van der Waals surface area (Å²) in [7, 11) is 0. The molecule has 1 fully saturated rings. The highest BCUT2D eigenvalue weighted by Crippen LogP contribution is 2.19. The topological polar surface area (TPSA) is 62.3 Å². The number of imide groups is 1. The van der Waals surface area contributed by atoms with E-state index in [1.807, 2.05) is 20.8 Å². The van der Waals surface area contributed by atoms with Gasteiger partial charge < -0.3 is 5.32 Å². The minimum absolute atomic E-state index is 0.0167. The second kappa shape index (κ2) is 5.79. The van der Waals surface area contributed by atoms with E-state index < -0.39 is 0 Å². The SMILES string of the molecule is CCC(C)N1C(=O)CC(NCc2scnc2C)C1=O. The first-order chi connectivity index (χ1) is 9.04. The molecule has 0 spiro atoms. The zero-order chi connectivity index (χ0) is 14.0. The summed E-state index contributed by atoms with van der Waals surface area (Å²) in [5.41, 5.74) is 2.77. The molecule has 2 amide bonds. The lowest BCUT2D eigenvalue weighted by Crippen LogP contribution is -2.42. The van der Waals surface area contributed by atoms with Gasteiger partial charge in [-0.2, -0.15) is 0 Å². The molecular formula is C13H19N3O2S. The summed E-state index contributed by atoms with van der Waals surface area (Å²) in [5.74, 6) is -0.167. The van der Waals surface area contributed by atoms with E-state index in [0.29, 0.717) is 6.54 Å². The van der Waals surface area contributed by atoms with Crippen molar-refractivity contribution in [2.75, 3.05) is 0 Å². The van der Waals surface area contributed by atoms with Crippen LogP contribution in [-0.4, -0.2) is 33.8 Å². The molecule has 2 heterocycles. The summed E-state index contributed by atoms with van der Waals surface area (Å²) < 4.78 is 0. The van der Waals surface area contributed by atoms with Crippen LogP contribution in [0.1, 0.15) is 37.3 Å². The predicted octanol–water partition coefficient (Wildman–Crippen LogP) is 1.47. The second-order valence-electron chi connectivity index (χ2n) is 4.86. The third kappa shape index (κ3) is 2.84. The molecule has 19 heavy (non-hydrogen) atoms. The summed E-state index contributed by atoms with van der Waals surface area (Å²) in [5, 5.41) is 3.17. The lowest BCUT2D eigenvalue weighted by molar-refractivity contribution is -0.141. The molecule has 2 unspecified atom stereocenters. The number of carbonyl (C=O) groups excluding carboxylic acids is 2. The first-order valence-electron chi connectivity index (χ1n) is 6.52. The van der Waals surface area contributed by atoms with Crippen molar-refractivity contribution in [1.29, 1.82) is 0 Å². The molecule has 1 aromatic rings. The Balaban J connectivity index is 1.98. The van der Waals surface area contributed by atoms with Crippen molar-refractivity contribution in [2.45, 2.75) is 52.2 Å². The van der Waals surface area contributed by atoms with Crippen molar-refractivity contribution in [1.82, 2.24) is 15.2 Å². The quantitative estimate of drug-likeness (QED) is 0.830. The first-order valence-corrected chi connectivity index (χ1v) is 7.40. The normalized spacial score (nSPS) is 21.2. The zero-order valence-electron chi connectivity index (χ0n) is 11.5. The number of nitrogens with one attached hydrogen (secondary N) is 1. The number of carbonyl (C=O) groups is 2. The Hall–Kier alpha value is -1.27. The highest BCUT2D eigenvalue weighted by Gasteiger charge is 2.40. The third-order valence-corrected chi connectivity index (χ3v) is 4.50. The molecule has 104 valence electrons. The molecule has 6 heteroatoms. The molecule has 1 aromatic heterocycles. The second-order valence-corrected chi connectivity index (χ2v) is 5.80. The van der Waals surface area contributed by atoms with Crippen LogP contribution in [0.2, 0.25) is 0 Å². The maximum absolute atomic E-state index is 12.2. The minimum Gasteiger partial charge on any atom is -0.300 e. The van der Waals surface area contributed by atoms with Gasteiger partial charge in [0.1, 0.15) is 0 Å². The highest BCUT2D eigenvalue weighted by atomic mass is 32.1. The van der Waals surface area contributed by atoms with Crippen LogP contribution < -0.4 is 5.32 Å². The fourth-order valence-electron chi connectivity index (χ4n) is 2.17. The number of likely N-dealkylation sites (tertiary alicyclic amines) is 1. The summed E-state index contributed by atoms with van der Waals surface area (Å²) in [6, 6.07) is -0.403. The predicted molar refractivity (Wildman–Crippen MR) is 73.7 cm³/mol. The maximum Gasteiger partial charge on any atom is 0.247 e. The van der Waals surface area contributed by atoms with E-state index in [1.54, 1.807) is 16.8 Å². The van der Waals surface area contributed by atoms with Crippen molar-refractivity contribution >= 4 is 23.2 Å². The third-order valence-electron chi connectivity index (χ3n) is 3.57. The Morgan fingerprint density at radius 1 is 1.58 bits per heavy atom. The minimum atomic E-state index is -0.386. The van der Waals surface area contributed by atoms with Gasteiger partial charge in [-0.15, -0.1) is 11.3 Å². The van der Waals surface area contributed by atoms with Crippen molar-refractivity contribution in [3.8, 4) is 0 Å². The summed E-state index contributed by atoms with van der Waals surface area (Å²) in [6.45, 7) is 6.42. The number of thiazole rings is 1. The van der Waals surface area contributed by atoms with Gasteiger partial charge in [-0.1, -0.05) is 6.92 Å². The lowest BCUT2D eigenvalue weighted by Gasteiger charge is -2.21. The fourth-order valence-corrected chi connectivity index (χ4v) is 2.90. The summed E-state index contributed by atoms with van der Waals surface area (Å²) in [4.78, 5) is 30.8.